The van der Waals surface area contributed by atoms with Gasteiger partial charge in [-0.15, -0.1) is 0 Å². The largest absolute Gasteiger partial charge is 0.304 e. The number of aromatic nitrogens is 1. The molecular weight excluding hydrogens is 194 g/mol. The predicted octanol–water partition coefficient (Wildman–Crippen LogP) is 2.05. The van der Waals surface area contributed by atoms with Crippen LogP contribution in [0.1, 0.15) is 6.92 Å². The number of nitrogens with zero attached hydrogens (tertiary/aromatic N) is 1. The summed E-state index contributed by atoms with van der Waals surface area (Å²) >= 11 is 3.27. The quantitative estimate of drug-likeness (QED) is 0.602. The third-order valence-corrected chi connectivity index (χ3v) is 1.17. The fourth-order valence-corrected chi connectivity index (χ4v) is 0.570. The van der Waals surface area contributed by atoms with E-state index in [9.17, 15) is 0 Å². The van der Waals surface area contributed by atoms with Crippen molar-refractivity contribution in [3.63, 3.8) is 0 Å². The summed E-state index contributed by atoms with van der Waals surface area (Å²) in [5, 5.41) is 0. The number of hydrogen-bond donors (Lipinski definition) is 0. The Balaban J connectivity index is 0.000000236. The first-order chi connectivity index (χ1) is 4.81. The summed E-state index contributed by atoms with van der Waals surface area (Å²) in [6.45, 7) is 1.44. The molecule has 0 amide bonds. The Morgan fingerprint density at radius 1 is 1.50 bits per heavy atom. The molecule has 3 heteroatoms. The van der Waals surface area contributed by atoms with Crippen LogP contribution in [0.3, 0.4) is 0 Å². The third kappa shape index (κ3) is 5.44. The maximum absolute atomic E-state index is 8.81. The second kappa shape index (κ2) is 6.42. The maximum Gasteiger partial charge on any atom is 0.116 e. The van der Waals surface area contributed by atoms with E-state index in [0.29, 0.717) is 0 Å². The van der Waals surface area contributed by atoms with Gasteiger partial charge in [0.2, 0.25) is 0 Å². The minimum Gasteiger partial charge on any atom is -0.304 e. The van der Waals surface area contributed by atoms with Gasteiger partial charge in [-0.25, -0.2) is 0 Å². The van der Waals surface area contributed by atoms with E-state index in [2.05, 4.69) is 20.9 Å². The summed E-state index contributed by atoms with van der Waals surface area (Å²) in [4.78, 5) is 12.6. The average Bonchev–Trinajstić information content (AvgIpc) is 1.91. The molecule has 1 aromatic rings. The molecule has 0 aromatic carbocycles. The molecule has 0 atom stereocenters. The van der Waals surface area contributed by atoms with Gasteiger partial charge < -0.3 is 4.79 Å². The van der Waals surface area contributed by atoms with Crippen LogP contribution in [0.4, 0.5) is 0 Å². The zero-order valence-electron chi connectivity index (χ0n) is 5.62. The molecule has 0 saturated heterocycles. The predicted molar refractivity (Wildman–Crippen MR) is 43.7 cm³/mol. The first-order valence-corrected chi connectivity index (χ1v) is 3.56. The molecule has 1 aromatic heterocycles. The number of hydrogen-bond acceptors (Lipinski definition) is 2. The van der Waals surface area contributed by atoms with Gasteiger partial charge in [0.05, 0.1) is 0 Å². The lowest BCUT2D eigenvalue weighted by Gasteiger charge is -1.80. The van der Waals surface area contributed by atoms with Gasteiger partial charge in [0.25, 0.3) is 0 Å². The monoisotopic (exact) mass is 201 g/mol. The Labute approximate surface area is 68.4 Å². The van der Waals surface area contributed by atoms with Gasteiger partial charge in [0.15, 0.2) is 0 Å². The van der Waals surface area contributed by atoms with Crippen LogP contribution in [-0.2, 0) is 4.79 Å². The average molecular weight is 202 g/mol. The SMILES string of the molecule is Brc1ccncc1.CC=O. The number of carbonyl (C=O) groups is 1. The van der Waals surface area contributed by atoms with E-state index in [1.54, 1.807) is 12.4 Å². The summed E-state index contributed by atoms with van der Waals surface area (Å²) < 4.78 is 1.07. The van der Waals surface area contributed by atoms with Crippen molar-refractivity contribution in [2.45, 2.75) is 6.92 Å². The molecule has 0 saturated carbocycles. The number of rotatable bonds is 0. The van der Waals surface area contributed by atoms with E-state index in [1.807, 2.05) is 12.1 Å². The Morgan fingerprint density at radius 3 is 2.10 bits per heavy atom. The first kappa shape index (κ1) is 9.30. The molecular formula is C7H8BrNO. The molecule has 0 aliphatic carbocycles. The Kier molecular flexibility index (Phi) is 5.97. The van der Waals surface area contributed by atoms with Gasteiger partial charge in [-0.1, -0.05) is 15.9 Å². The summed E-state index contributed by atoms with van der Waals surface area (Å²) in [6.07, 6.45) is 4.23. The van der Waals surface area contributed by atoms with E-state index in [4.69, 9.17) is 4.79 Å². The second-order valence-electron chi connectivity index (χ2n) is 1.40. The molecule has 10 heavy (non-hydrogen) atoms. The summed E-state index contributed by atoms with van der Waals surface area (Å²) in [5.41, 5.74) is 0. The molecule has 0 N–H and O–H groups in total. The molecule has 0 spiro atoms. The highest BCUT2D eigenvalue weighted by Gasteiger charge is 1.75. The standard InChI is InChI=1S/C5H4BrN.C2H4O/c6-5-1-3-7-4-2-5;1-2-3/h1-4H;2H,1H3. The minimum atomic E-state index is 0.750. The fourth-order valence-electron chi connectivity index (χ4n) is 0.334. The normalized spacial score (nSPS) is 7.40. The fraction of sp³-hybridized carbons (Fsp3) is 0.143. The number of carbonyl (C=O) groups excluding carboxylic acids is 1. The Hall–Kier alpha value is -0.700. The maximum atomic E-state index is 8.81. The van der Waals surface area contributed by atoms with Crippen molar-refractivity contribution in [2.75, 3.05) is 0 Å². The van der Waals surface area contributed by atoms with Crippen LogP contribution in [0.2, 0.25) is 0 Å². The lowest BCUT2D eigenvalue weighted by Crippen LogP contribution is -1.63. The smallest absolute Gasteiger partial charge is 0.116 e. The summed E-state index contributed by atoms with van der Waals surface area (Å²) in [7, 11) is 0. The van der Waals surface area contributed by atoms with Crippen molar-refractivity contribution in [1.82, 2.24) is 4.98 Å². The van der Waals surface area contributed by atoms with Gasteiger partial charge in [-0.2, -0.15) is 0 Å². The zero-order chi connectivity index (χ0) is 7.82. The van der Waals surface area contributed by atoms with Crippen molar-refractivity contribution in [3.8, 4) is 0 Å². The number of pyridine rings is 1. The van der Waals surface area contributed by atoms with Crippen molar-refractivity contribution < 1.29 is 4.79 Å². The van der Waals surface area contributed by atoms with Crippen LogP contribution in [-0.4, -0.2) is 11.3 Å². The van der Waals surface area contributed by atoms with E-state index in [1.165, 1.54) is 6.92 Å². The highest BCUT2D eigenvalue weighted by atomic mass is 79.9. The molecule has 0 radical (unpaired) electrons. The van der Waals surface area contributed by atoms with Crippen molar-refractivity contribution in [1.29, 1.82) is 0 Å². The van der Waals surface area contributed by atoms with E-state index in [0.717, 1.165) is 10.8 Å². The molecule has 0 bridgehead atoms. The van der Waals surface area contributed by atoms with Gasteiger partial charge in [-0.3, -0.25) is 4.98 Å². The minimum absolute atomic E-state index is 0.750. The highest BCUT2D eigenvalue weighted by molar-refractivity contribution is 9.10. The highest BCUT2D eigenvalue weighted by Crippen LogP contribution is 2.03. The number of aldehydes is 1. The molecule has 0 aliphatic rings. The molecule has 1 heterocycles. The van der Waals surface area contributed by atoms with Crippen molar-refractivity contribution >= 4 is 22.2 Å². The molecule has 2 nitrogen and oxygen atoms in total. The molecule has 0 unspecified atom stereocenters. The summed E-state index contributed by atoms with van der Waals surface area (Å²) in [5.74, 6) is 0. The van der Waals surface area contributed by atoms with Crippen LogP contribution in [0.5, 0.6) is 0 Å². The molecule has 0 fully saturated rings. The molecule has 0 aliphatic heterocycles. The van der Waals surface area contributed by atoms with Crippen LogP contribution in [0.25, 0.3) is 0 Å². The van der Waals surface area contributed by atoms with E-state index >= 15 is 0 Å². The molecule has 1 rings (SSSR count). The van der Waals surface area contributed by atoms with Gasteiger partial charge in [0, 0.05) is 16.9 Å². The van der Waals surface area contributed by atoms with Gasteiger partial charge in [0.1, 0.15) is 6.29 Å². The van der Waals surface area contributed by atoms with Crippen LogP contribution in [0, 0.1) is 0 Å². The Bertz CT molecular complexity index is 176. The zero-order valence-corrected chi connectivity index (χ0v) is 7.21. The van der Waals surface area contributed by atoms with E-state index in [-0.39, 0.29) is 0 Å². The lowest BCUT2D eigenvalue weighted by molar-refractivity contribution is -0.106. The van der Waals surface area contributed by atoms with Crippen molar-refractivity contribution in [3.05, 3.63) is 29.0 Å². The summed E-state index contributed by atoms with van der Waals surface area (Å²) in [6, 6.07) is 3.78. The second-order valence-corrected chi connectivity index (χ2v) is 2.32. The lowest BCUT2D eigenvalue weighted by atomic mass is 10.5. The topological polar surface area (TPSA) is 30.0 Å². The Morgan fingerprint density at radius 2 is 1.90 bits per heavy atom. The first-order valence-electron chi connectivity index (χ1n) is 2.76. The van der Waals surface area contributed by atoms with Gasteiger partial charge >= 0.3 is 0 Å². The van der Waals surface area contributed by atoms with E-state index < -0.39 is 0 Å². The van der Waals surface area contributed by atoms with Gasteiger partial charge in [-0.05, 0) is 19.1 Å². The number of halogens is 1. The van der Waals surface area contributed by atoms with Crippen LogP contribution < -0.4 is 0 Å². The van der Waals surface area contributed by atoms with Crippen LogP contribution in [0.15, 0.2) is 29.0 Å². The molecule has 54 valence electrons. The van der Waals surface area contributed by atoms with Crippen LogP contribution >= 0.6 is 15.9 Å². The third-order valence-electron chi connectivity index (χ3n) is 0.640. The van der Waals surface area contributed by atoms with Crippen molar-refractivity contribution in [2.24, 2.45) is 0 Å².